The van der Waals surface area contributed by atoms with Crippen LogP contribution in [-0.4, -0.2) is 34.2 Å². The van der Waals surface area contributed by atoms with Gasteiger partial charge >= 0.3 is 5.97 Å². The van der Waals surface area contributed by atoms with Gasteiger partial charge < -0.3 is 20.6 Å². The van der Waals surface area contributed by atoms with Crippen LogP contribution >= 0.6 is 0 Å². The molecule has 0 amide bonds. The van der Waals surface area contributed by atoms with Crippen molar-refractivity contribution in [2.75, 3.05) is 6.61 Å². The number of hydrogen-bond donors (Lipinski definition) is 3. The minimum atomic E-state index is -0.683. The molecule has 7 heteroatoms. The van der Waals surface area contributed by atoms with E-state index in [1.807, 2.05) is 30.3 Å². The first-order chi connectivity index (χ1) is 16.4. The molecule has 0 saturated heterocycles. The zero-order valence-corrected chi connectivity index (χ0v) is 18.9. The number of ether oxygens (including phenoxy) is 1. The summed E-state index contributed by atoms with van der Waals surface area (Å²) in [5.41, 5.74) is 10.1. The Bertz CT molecular complexity index is 1370. The van der Waals surface area contributed by atoms with E-state index in [1.165, 1.54) is 6.92 Å². The molecule has 34 heavy (non-hydrogen) atoms. The molecule has 0 aliphatic carbocycles. The molecule has 0 fully saturated rings. The van der Waals surface area contributed by atoms with Crippen LogP contribution in [0, 0.1) is 0 Å². The molecule has 0 radical (unpaired) electrons. The van der Waals surface area contributed by atoms with Gasteiger partial charge in [0.25, 0.3) is 0 Å². The minimum Gasteiger partial charge on any atom is -0.494 e. The zero-order valence-electron chi connectivity index (χ0n) is 18.9. The van der Waals surface area contributed by atoms with E-state index in [2.05, 4.69) is 4.98 Å². The first-order valence-corrected chi connectivity index (χ1v) is 10.9. The summed E-state index contributed by atoms with van der Waals surface area (Å²) in [6.45, 7) is 3.48. The number of nitrogens with one attached hydrogen (secondary N) is 1. The zero-order chi connectivity index (χ0) is 24.2. The van der Waals surface area contributed by atoms with Crippen LogP contribution in [0.5, 0.6) is 5.88 Å². The molecule has 172 valence electrons. The third-order valence-corrected chi connectivity index (χ3v) is 5.51. The number of hydrogen-bond acceptors (Lipinski definition) is 6. The number of benzene rings is 3. The molecule has 0 bridgehead atoms. The normalized spacial score (nSPS) is 12.5. The third-order valence-electron chi connectivity index (χ3n) is 5.51. The second-order valence-electron chi connectivity index (χ2n) is 7.84. The number of carbonyl (C=O) groups is 2. The number of aromatic nitrogens is 1. The number of aromatic hydroxyl groups is 1. The number of carbonyl (C=O) groups excluding carboxylic acids is 2. The van der Waals surface area contributed by atoms with E-state index in [4.69, 9.17) is 15.5 Å². The van der Waals surface area contributed by atoms with E-state index in [9.17, 15) is 14.7 Å². The molecule has 1 atom stereocenters. The van der Waals surface area contributed by atoms with Crippen molar-refractivity contribution in [3.8, 4) is 5.88 Å². The number of aromatic amines is 1. The van der Waals surface area contributed by atoms with Crippen LogP contribution in [0.15, 0.2) is 77.8 Å². The lowest BCUT2D eigenvalue weighted by Gasteiger charge is -2.10. The first-order valence-electron chi connectivity index (χ1n) is 10.9. The van der Waals surface area contributed by atoms with E-state index in [0.29, 0.717) is 39.0 Å². The maximum absolute atomic E-state index is 12.1. The van der Waals surface area contributed by atoms with Crippen molar-refractivity contribution in [2.24, 2.45) is 10.7 Å². The number of aliphatic imine (C=N–C) groups is 1. The Balaban J connectivity index is 1.83. The quantitative estimate of drug-likeness (QED) is 0.273. The fourth-order valence-corrected chi connectivity index (χ4v) is 3.75. The molecule has 0 saturated carbocycles. The lowest BCUT2D eigenvalue weighted by molar-refractivity contribution is -0.118. The molecule has 0 aliphatic heterocycles. The second-order valence-corrected chi connectivity index (χ2v) is 7.84. The highest BCUT2D eigenvalue weighted by molar-refractivity contribution is 6.22. The number of fused-ring (bicyclic) bond motifs is 1. The van der Waals surface area contributed by atoms with E-state index >= 15 is 0 Å². The Kier molecular flexibility index (Phi) is 6.56. The van der Waals surface area contributed by atoms with Crippen LogP contribution in [0.25, 0.3) is 10.9 Å². The topological polar surface area (TPSA) is 118 Å². The highest BCUT2D eigenvalue weighted by atomic mass is 16.5. The Morgan fingerprint density at radius 2 is 1.74 bits per heavy atom. The average molecular weight is 456 g/mol. The van der Waals surface area contributed by atoms with Gasteiger partial charge in [-0.05, 0) is 43.7 Å². The molecule has 1 heterocycles. The summed E-state index contributed by atoms with van der Waals surface area (Å²) in [5, 5.41) is 11.6. The largest absolute Gasteiger partial charge is 0.494 e. The fourth-order valence-electron chi connectivity index (χ4n) is 3.75. The van der Waals surface area contributed by atoms with Crippen molar-refractivity contribution >= 4 is 34.1 Å². The van der Waals surface area contributed by atoms with Crippen molar-refractivity contribution in [1.82, 2.24) is 4.98 Å². The van der Waals surface area contributed by atoms with Crippen molar-refractivity contribution in [3.05, 3.63) is 95.1 Å². The number of H-pyrrole nitrogens is 1. The van der Waals surface area contributed by atoms with Gasteiger partial charge in [0, 0.05) is 16.5 Å². The number of nitrogens with two attached hydrogens (primary N) is 1. The van der Waals surface area contributed by atoms with E-state index in [-0.39, 0.29) is 18.3 Å². The van der Waals surface area contributed by atoms with Crippen LogP contribution in [-0.2, 0) is 9.53 Å². The summed E-state index contributed by atoms with van der Waals surface area (Å²) in [7, 11) is 0. The number of esters is 1. The van der Waals surface area contributed by atoms with Crippen molar-refractivity contribution in [1.29, 1.82) is 0 Å². The Hall–Kier alpha value is -4.23. The van der Waals surface area contributed by atoms with Crippen LogP contribution in [0.1, 0.15) is 46.9 Å². The Morgan fingerprint density at radius 1 is 1.03 bits per heavy atom. The maximum Gasteiger partial charge on any atom is 0.338 e. The Morgan fingerprint density at radius 3 is 2.38 bits per heavy atom. The number of rotatable bonds is 7. The summed E-state index contributed by atoms with van der Waals surface area (Å²) in [4.78, 5) is 31.5. The Labute approximate surface area is 196 Å². The van der Waals surface area contributed by atoms with Gasteiger partial charge in [-0.1, -0.05) is 48.5 Å². The molecule has 1 unspecified atom stereocenters. The summed E-state index contributed by atoms with van der Waals surface area (Å²) in [5.74, 6) is -0.609. The molecular formula is C27H25N3O4. The molecule has 0 spiro atoms. The van der Waals surface area contributed by atoms with Gasteiger partial charge in [-0.3, -0.25) is 4.79 Å². The van der Waals surface area contributed by atoms with Gasteiger partial charge in [-0.25, -0.2) is 9.79 Å². The molecule has 3 aromatic carbocycles. The first kappa shape index (κ1) is 22.9. The van der Waals surface area contributed by atoms with Crippen LogP contribution in [0.2, 0.25) is 0 Å². The summed E-state index contributed by atoms with van der Waals surface area (Å²) in [6.07, 6.45) is 0. The van der Waals surface area contributed by atoms with E-state index in [1.54, 1.807) is 49.4 Å². The van der Waals surface area contributed by atoms with Crippen molar-refractivity contribution in [2.45, 2.75) is 19.9 Å². The highest BCUT2D eigenvalue weighted by Crippen LogP contribution is 2.32. The summed E-state index contributed by atoms with van der Waals surface area (Å²) < 4.78 is 5.08. The molecule has 4 N–H and O–H groups in total. The van der Waals surface area contributed by atoms with E-state index in [0.717, 1.165) is 5.56 Å². The van der Waals surface area contributed by atoms with Crippen LogP contribution < -0.4 is 5.73 Å². The standard InChI is InChI=1S/C27H25N3O4/c1-3-34-27(33)19-11-14-21-22(15-19)30-26(32)23(21)25(18-7-5-4-6-8-18)29-20-12-9-17(10-13-20)24(28)16(2)31/h4-15,24,30,32H,3,28H2,1-2H3. The van der Waals surface area contributed by atoms with Gasteiger partial charge in [0.1, 0.15) is 0 Å². The van der Waals surface area contributed by atoms with E-state index < -0.39 is 12.0 Å². The fraction of sp³-hybridized carbons (Fsp3) is 0.148. The monoisotopic (exact) mass is 455 g/mol. The molecular weight excluding hydrogens is 430 g/mol. The summed E-state index contributed by atoms with van der Waals surface area (Å²) in [6, 6.07) is 21.0. The SMILES string of the molecule is CCOC(=O)c1ccc2c(C(=Nc3ccc(C(N)C(C)=O)cc3)c3ccccc3)c(O)[nH]c2c1. The molecule has 0 aliphatic rings. The van der Waals surface area contributed by atoms with Crippen molar-refractivity contribution in [3.63, 3.8) is 0 Å². The highest BCUT2D eigenvalue weighted by Gasteiger charge is 2.20. The molecule has 7 nitrogen and oxygen atoms in total. The maximum atomic E-state index is 12.1. The van der Waals surface area contributed by atoms with Crippen molar-refractivity contribution < 1.29 is 19.4 Å². The minimum absolute atomic E-state index is 0.0613. The number of Topliss-reactive ketones (excluding diaryl/α,β-unsaturated/α-hetero) is 1. The van der Waals surface area contributed by atoms with Gasteiger partial charge in [-0.2, -0.15) is 0 Å². The van der Waals surface area contributed by atoms with Gasteiger partial charge in [0.05, 0.1) is 35.2 Å². The van der Waals surface area contributed by atoms with Crippen LogP contribution in [0.3, 0.4) is 0 Å². The smallest absolute Gasteiger partial charge is 0.338 e. The lowest BCUT2D eigenvalue weighted by Crippen LogP contribution is -2.18. The molecule has 1 aromatic heterocycles. The average Bonchev–Trinajstić information content (AvgIpc) is 3.17. The predicted molar refractivity (Wildman–Crippen MR) is 132 cm³/mol. The lowest BCUT2D eigenvalue weighted by atomic mass is 10.00. The molecule has 4 rings (SSSR count). The molecule has 4 aromatic rings. The number of nitrogens with zero attached hydrogens (tertiary/aromatic N) is 1. The van der Waals surface area contributed by atoms with Gasteiger partial charge in [0.15, 0.2) is 11.7 Å². The number of ketones is 1. The third kappa shape index (κ3) is 4.60. The summed E-state index contributed by atoms with van der Waals surface area (Å²) >= 11 is 0. The predicted octanol–water partition coefficient (Wildman–Crippen LogP) is 4.81. The second kappa shape index (κ2) is 9.72. The van der Waals surface area contributed by atoms with Crippen LogP contribution in [0.4, 0.5) is 5.69 Å². The van der Waals surface area contributed by atoms with Gasteiger partial charge in [0.2, 0.25) is 0 Å². The van der Waals surface area contributed by atoms with Gasteiger partial charge in [-0.15, -0.1) is 0 Å².